The molecule has 4 rings (SSSR count). The van der Waals surface area contributed by atoms with E-state index in [4.69, 9.17) is 0 Å². The fourth-order valence-electron chi connectivity index (χ4n) is 4.43. The van der Waals surface area contributed by atoms with Gasteiger partial charge in [-0.25, -0.2) is 0 Å². The highest BCUT2D eigenvalue weighted by atomic mass is 14.6. The van der Waals surface area contributed by atoms with E-state index in [1.807, 2.05) is 0 Å². The molecule has 0 saturated heterocycles. The maximum atomic E-state index is 2.50. The molecule has 14 heavy (non-hydrogen) atoms. The van der Waals surface area contributed by atoms with E-state index in [1.165, 1.54) is 19.3 Å². The van der Waals surface area contributed by atoms with Crippen molar-refractivity contribution in [1.82, 2.24) is 0 Å². The number of fused-ring (bicyclic) bond motifs is 4. The molecule has 2 bridgehead atoms. The predicted molar refractivity (Wildman–Crippen MR) is 57.7 cm³/mol. The van der Waals surface area contributed by atoms with E-state index in [0.717, 1.165) is 30.1 Å². The summed E-state index contributed by atoms with van der Waals surface area (Å²) >= 11 is 0. The molecule has 72 valence electrons. The first-order valence-electron chi connectivity index (χ1n) is 6.00. The highest BCUT2D eigenvalue weighted by Crippen LogP contribution is 2.64. The van der Waals surface area contributed by atoms with Gasteiger partial charge in [0, 0.05) is 0 Å². The molecule has 3 fully saturated rings. The Labute approximate surface area is 85.4 Å². The first kappa shape index (κ1) is 7.50. The van der Waals surface area contributed by atoms with Gasteiger partial charge < -0.3 is 0 Å². The minimum Gasteiger partial charge on any atom is -0.0807 e. The van der Waals surface area contributed by atoms with E-state index in [1.54, 1.807) is 11.1 Å². The van der Waals surface area contributed by atoms with E-state index in [-0.39, 0.29) is 0 Å². The van der Waals surface area contributed by atoms with Crippen molar-refractivity contribution in [2.75, 3.05) is 0 Å². The number of hydrogen-bond acceptors (Lipinski definition) is 0. The van der Waals surface area contributed by atoms with Crippen molar-refractivity contribution in [3.8, 4) is 0 Å². The monoisotopic (exact) mass is 184 g/mol. The lowest BCUT2D eigenvalue weighted by Crippen LogP contribution is -2.09. The molecule has 0 N–H and O–H groups in total. The molecule has 0 aliphatic heterocycles. The topological polar surface area (TPSA) is 0 Å². The zero-order valence-electron chi connectivity index (χ0n) is 8.45. The van der Waals surface area contributed by atoms with Gasteiger partial charge in [-0.15, -0.1) is 0 Å². The van der Waals surface area contributed by atoms with Crippen molar-refractivity contribution in [2.45, 2.75) is 25.7 Å². The standard InChI is InChI=1S/C14H16/c1-2-4-10-11(5-3-1)13-7-9-6-12(10)14(13)8-9/h1-2,4-5,9,12-14H,3,6-8H2. The van der Waals surface area contributed by atoms with Crippen LogP contribution in [0.25, 0.3) is 0 Å². The zero-order valence-corrected chi connectivity index (χ0v) is 8.45. The summed E-state index contributed by atoms with van der Waals surface area (Å²) in [6, 6.07) is 0. The molecule has 0 aromatic rings. The predicted octanol–water partition coefficient (Wildman–Crippen LogP) is 3.48. The van der Waals surface area contributed by atoms with Gasteiger partial charge in [0.15, 0.2) is 0 Å². The Bertz CT molecular complexity index is 369. The second-order valence-corrected chi connectivity index (χ2v) is 5.40. The molecule has 0 aromatic heterocycles. The van der Waals surface area contributed by atoms with E-state index >= 15 is 0 Å². The van der Waals surface area contributed by atoms with Crippen molar-refractivity contribution in [2.24, 2.45) is 23.7 Å². The maximum absolute atomic E-state index is 2.50. The molecule has 4 aliphatic carbocycles. The third-order valence-corrected chi connectivity index (χ3v) is 4.83. The molecular weight excluding hydrogens is 168 g/mol. The van der Waals surface area contributed by atoms with Crippen LogP contribution in [0.15, 0.2) is 35.5 Å². The van der Waals surface area contributed by atoms with Crippen LogP contribution >= 0.6 is 0 Å². The Balaban J connectivity index is 1.89. The van der Waals surface area contributed by atoms with Crippen LogP contribution < -0.4 is 0 Å². The summed E-state index contributed by atoms with van der Waals surface area (Å²) in [5.74, 6) is 4.04. The third-order valence-electron chi connectivity index (χ3n) is 4.83. The van der Waals surface area contributed by atoms with Gasteiger partial charge in [-0.1, -0.05) is 24.3 Å². The fraction of sp³-hybridized carbons (Fsp3) is 0.571. The van der Waals surface area contributed by atoms with Crippen LogP contribution in [0.4, 0.5) is 0 Å². The second kappa shape index (κ2) is 2.42. The lowest BCUT2D eigenvalue weighted by atomic mass is 9.87. The summed E-state index contributed by atoms with van der Waals surface area (Å²) in [6.07, 6.45) is 15.2. The Morgan fingerprint density at radius 1 is 1.00 bits per heavy atom. The number of allylic oxidation sites excluding steroid dienone is 6. The molecule has 4 atom stereocenters. The van der Waals surface area contributed by atoms with E-state index in [2.05, 4.69) is 24.3 Å². The second-order valence-electron chi connectivity index (χ2n) is 5.40. The Morgan fingerprint density at radius 3 is 2.71 bits per heavy atom. The van der Waals surface area contributed by atoms with Crippen molar-refractivity contribution in [1.29, 1.82) is 0 Å². The van der Waals surface area contributed by atoms with Crippen molar-refractivity contribution < 1.29 is 0 Å². The zero-order chi connectivity index (χ0) is 9.12. The van der Waals surface area contributed by atoms with Crippen LogP contribution in [0, 0.1) is 23.7 Å². The van der Waals surface area contributed by atoms with Crippen LogP contribution in [-0.4, -0.2) is 0 Å². The number of rotatable bonds is 0. The molecule has 0 spiro atoms. The first-order chi connectivity index (χ1) is 6.93. The normalized spacial score (nSPS) is 47.4. The van der Waals surface area contributed by atoms with Crippen LogP contribution in [0.3, 0.4) is 0 Å². The fourth-order valence-corrected chi connectivity index (χ4v) is 4.43. The largest absolute Gasteiger partial charge is 0.0807 e. The van der Waals surface area contributed by atoms with Gasteiger partial charge >= 0.3 is 0 Å². The molecule has 0 radical (unpaired) electrons. The van der Waals surface area contributed by atoms with Gasteiger partial charge in [-0.3, -0.25) is 0 Å². The summed E-state index contributed by atoms with van der Waals surface area (Å²) in [6.45, 7) is 0. The minimum absolute atomic E-state index is 0.952. The van der Waals surface area contributed by atoms with Crippen molar-refractivity contribution in [3.63, 3.8) is 0 Å². The van der Waals surface area contributed by atoms with Gasteiger partial charge in [0.1, 0.15) is 0 Å². The molecule has 0 aromatic carbocycles. The van der Waals surface area contributed by atoms with Crippen LogP contribution in [0.2, 0.25) is 0 Å². The highest BCUT2D eigenvalue weighted by molar-refractivity contribution is 5.47. The van der Waals surface area contributed by atoms with Crippen LogP contribution in [-0.2, 0) is 0 Å². The summed E-state index contributed by atoms with van der Waals surface area (Å²) in [4.78, 5) is 0. The number of hydrogen-bond donors (Lipinski definition) is 0. The Morgan fingerprint density at radius 2 is 1.86 bits per heavy atom. The molecule has 3 saturated carbocycles. The van der Waals surface area contributed by atoms with Crippen molar-refractivity contribution in [3.05, 3.63) is 35.5 Å². The maximum Gasteiger partial charge on any atom is -0.0122 e. The molecule has 4 aliphatic rings. The van der Waals surface area contributed by atoms with E-state index in [9.17, 15) is 0 Å². The Hall–Kier alpha value is -0.780. The van der Waals surface area contributed by atoms with Crippen LogP contribution in [0.1, 0.15) is 25.7 Å². The Kier molecular flexibility index (Phi) is 1.30. The first-order valence-corrected chi connectivity index (χ1v) is 6.00. The lowest BCUT2D eigenvalue weighted by Gasteiger charge is -2.17. The SMILES string of the molecule is C1=CCC=C2C(=C1)C1CC3CC2C1C3. The molecular formula is C14H16. The van der Waals surface area contributed by atoms with E-state index in [0.29, 0.717) is 0 Å². The quantitative estimate of drug-likeness (QED) is 0.540. The molecule has 0 heterocycles. The van der Waals surface area contributed by atoms with Gasteiger partial charge in [0.05, 0.1) is 0 Å². The van der Waals surface area contributed by atoms with Gasteiger partial charge in [0.25, 0.3) is 0 Å². The van der Waals surface area contributed by atoms with Crippen molar-refractivity contribution >= 4 is 0 Å². The van der Waals surface area contributed by atoms with Gasteiger partial charge in [0.2, 0.25) is 0 Å². The highest BCUT2D eigenvalue weighted by Gasteiger charge is 2.54. The minimum atomic E-state index is 0.952. The van der Waals surface area contributed by atoms with Gasteiger partial charge in [-0.2, -0.15) is 0 Å². The van der Waals surface area contributed by atoms with Gasteiger partial charge in [-0.05, 0) is 60.5 Å². The average molecular weight is 184 g/mol. The summed E-state index contributed by atoms with van der Waals surface area (Å²) < 4.78 is 0. The average Bonchev–Trinajstić information content (AvgIpc) is 2.72. The molecule has 4 unspecified atom stereocenters. The third kappa shape index (κ3) is 0.762. The molecule has 0 heteroatoms. The summed E-state index contributed by atoms with van der Waals surface area (Å²) in [5.41, 5.74) is 3.46. The summed E-state index contributed by atoms with van der Waals surface area (Å²) in [5, 5.41) is 0. The van der Waals surface area contributed by atoms with E-state index < -0.39 is 0 Å². The molecule has 0 nitrogen and oxygen atoms in total. The summed E-state index contributed by atoms with van der Waals surface area (Å²) in [7, 11) is 0. The lowest BCUT2D eigenvalue weighted by molar-refractivity contribution is 0.359. The van der Waals surface area contributed by atoms with Crippen LogP contribution in [0.5, 0.6) is 0 Å². The molecule has 0 amide bonds. The smallest absolute Gasteiger partial charge is 0.0122 e.